The third-order valence-electron chi connectivity index (χ3n) is 5.98. The topological polar surface area (TPSA) is 102 Å². The minimum atomic E-state index is -0.918. The number of nitrogens with one attached hydrogen (secondary N) is 2. The zero-order valence-electron chi connectivity index (χ0n) is 19.2. The van der Waals surface area contributed by atoms with E-state index in [4.69, 9.17) is 9.72 Å². The van der Waals surface area contributed by atoms with Gasteiger partial charge in [0.2, 0.25) is 5.95 Å². The quantitative estimate of drug-likeness (QED) is 0.530. The highest BCUT2D eigenvalue weighted by atomic mass is 32.1. The van der Waals surface area contributed by atoms with Gasteiger partial charge in [-0.1, -0.05) is 0 Å². The summed E-state index contributed by atoms with van der Waals surface area (Å²) in [6.07, 6.45) is 0.747. The number of piperazine rings is 1. The van der Waals surface area contributed by atoms with Crippen molar-refractivity contribution in [2.24, 2.45) is 0 Å². The molecule has 5 rings (SSSR count). The van der Waals surface area contributed by atoms with E-state index in [1.807, 2.05) is 31.0 Å². The molecule has 2 aliphatic heterocycles. The molecule has 3 aromatic rings. The van der Waals surface area contributed by atoms with Gasteiger partial charge in [0.25, 0.3) is 0 Å². The van der Waals surface area contributed by atoms with Crippen LogP contribution in [0.25, 0.3) is 0 Å². The molecule has 10 nitrogen and oxygen atoms in total. The zero-order chi connectivity index (χ0) is 23.1. The zero-order valence-corrected chi connectivity index (χ0v) is 20.0. The molecule has 33 heavy (non-hydrogen) atoms. The number of aliphatic hydroxyl groups excluding tert-OH is 1. The molecule has 0 spiro atoms. The molecule has 0 radical (unpaired) electrons. The number of likely N-dealkylation sites (N-methyl/N-ethyl adjacent to an activating group) is 1. The number of anilines is 6. The molecule has 3 N–H and O–H groups in total. The van der Waals surface area contributed by atoms with E-state index >= 15 is 0 Å². The van der Waals surface area contributed by atoms with Gasteiger partial charge in [0.1, 0.15) is 16.4 Å². The van der Waals surface area contributed by atoms with Gasteiger partial charge in [-0.2, -0.15) is 4.98 Å². The molecular weight excluding hydrogens is 440 g/mol. The number of nitrogens with zero attached hydrogens (tertiary/aromatic N) is 6. The maximum Gasteiger partial charge on any atom is 0.229 e. The van der Waals surface area contributed by atoms with Crippen LogP contribution in [-0.2, 0) is 0 Å². The van der Waals surface area contributed by atoms with Gasteiger partial charge in [0, 0.05) is 45.0 Å². The number of aryl methyl sites for hydroxylation is 1. The number of thiazole rings is 1. The molecule has 0 bridgehead atoms. The standard InChI is InChI=1S/C22H28N8O2S/c1-13-24-18-20(31)25-16-12-23-22(27-19(16)29(3)21(18)33-13)26-15-6-5-14(11-17(15)32-4)30-9-7-28(2)8-10-30/h5-6,11-12,20,25,31H,7-10H2,1-4H3,(H,23,26,27). The fourth-order valence-electron chi connectivity index (χ4n) is 4.12. The number of ether oxygens (including phenoxy) is 1. The Balaban J connectivity index is 1.42. The van der Waals surface area contributed by atoms with Crippen LogP contribution in [0.3, 0.4) is 0 Å². The second kappa shape index (κ2) is 8.65. The van der Waals surface area contributed by atoms with Gasteiger partial charge in [0.05, 0.1) is 29.7 Å². The smallest absolute Gasteiger partial charge is 0.229 e. The van der Waals surface area contributed by atoms with E-state index in [2.05, 4.69) is 43.5 Å². The lowest BCUT2D eigenvalue weighted by Gasteiger charge is -2.34. The third kappa shape index (κ3) is 4.14. The van der Waals surface area contributed by atoms with E-state index in [1.54, 1.807) is 13.3 Å². The Kier molecular flexibility index (Phi) is 5.69. The minimum absolute atomic E-state index is 0.437. The summed E-state index contributed by atoms with van der Waals surface area (Å²) in [5, 5.41) is 18.6. The normalized spacial score (nSPS) is 18.3. The van der Waals surface area contributed by atoms with Gasteiger partial charge < -0.3 is 35.2 Å². The largest absolute Gasteiger partial charge is 0.494 e. The Morgan fingerprint density at radius 1 is 1.18 bits per heavy atom. The van der Waals surface area contributed by atoms with Crippen LogP contribution in [0.1, 0.15) is 16.9 Å². The van der Waals surface area contributed by atoms with E-state index in [1.165, 1.54) is 11.3 Å². The highest BCUT2D eigenvalue weighted by molar-refractivity contribution is 7.15. The molecule has 1 saturated heterocycles. The van der Waals surface area contributed by atoms with Crippen LogP contribution < -0.4 is 25.2 Å². The first-order valence-electron chi connectivity index (χ1n) is 10.8. The van der Waals surface area contributed by atoms with E-state index < -0.39 is 6.23 Å². The molecule has 0 amide bonds. The summed E-state index contributed by atoms with van der Waals surface area (Å²) in [5.74, 6) is 1.82. The van der Waals surface area contributed by atoms with Crippen molar-refractivity contribution in [3.8, 4) is 5.75 Å². The van der Waals surface area contributed by atoms with Crippen molar-refractivity contribution in [1.29, 1.82) is 0 Å². The lowest BCUT2D eigenvalue weighted by Crippen LogP contribution is -2.44. The molecule has 1 aromatic carbocycles. The molecule has 2 aromatic heterocycles. The van der Waals surface area contributed by atoms with Crippen molar-refractivity contribution in [2.75, 3.05) is 67.8 Å². The molecule has 1 fully saturated rings. The van der Waals surface area contributed by atoms with Crippen LogP contribution in [0.4, 0.5) is 33.8 Å². The Hall–Kier alpha value is -3.15. The lowest BCUT2D eigenvalue weighted by atomic mass is 10.2. The second-order valence-corrected chi connectivity index (χ2v) is 9.44. The summed E-state index contributed by atoms with van der Waals surface area (Å²) in [6.45, 7) is 5.99. The van der Waals surface area contributed by atoms with Crippen molar-refractivity contribution in [2.45, 2.75) is 13.2 Å². The Bertz CT molecular complexity index is 1160. The predicted octanol–water partition coefficient (Wildman–Crippen LogP) is 2.93. The first kappa shape index (κ1) is 21.7. The van der Waals surface area contributed by atoms with Gasteiger partial charge in [-0.05, 0) is 26.1 Å². The highest BCUT2D eigenvalue weighted by Crippen LogP contribution is 2.42. The van der Waals surface area contributed by atoms with E-state index in [-0.39, 0.29) is 0 Å². The fourth-order valence-corrected chi connectivity index (χ4v) is 5.03. The predicted molar refractivity (Wildman–Crippen MR) is 132 cm³/mol. The summed E-state index contributed by atoms with van der Waals surface area (Å²) in [7, 11) is 5.73. The Morgan fingerprint density at radius 2 is 1.97 bits per heavy atom. The molecule has 2 aliphatic rings. The molecule has 11 heteroatoms. The number of methoxy groups -OCH3 is 1. The van der Waals surface area contributed by atoms with Crippen LogP contribution in [0.2, 0.25) is 0 Å². The number of benzene rings is 1. The van der Waals surface area contributed by atoms with Gasteiger partial charge in [-0.3, -0.25) is 0 Å². The monoisotopic (exact) mass is 468 g/mol. The third-order valence-corrected chi connectivity index (χ3v) is 7.05. The first-order chi connectivity index (χ1) is 15.9. The van der Waals surface area contributed by atoms with Crippen molar-refractivity contribution < 1.29 is 9.84 Å². The van der Waals surface area contributed by atoms with Crippen molar-refractivity contribution >= 4 is 45.2 Å². The molecule has 1 unspecified atom stereocenters. The summed E-state index contributed by atoms with van der Waals surface area (Å²) in [4.78, 5) is 20.3. The molecular formula is C22H28N8O2S. The van der Waals surface area contributed by atoms with Gasteiger partial charge >= 0.3 is 0 Å². The van der Waals surface area contributed by atoms with Gasteiger partial charge in [-0.25, -0.2) is 9.97 Å². The number of aromatic nitrogens is 3. The summed E-state index contributed by atoms with van der Waals surface area (Å²) >= 11 is 1.52. The molecule has 1 atom stereocenters. The van der Waals surface area contributed by atoms with E-state index in [9.17, 15) is 5.11 Å². The molecule has 174 valence electrons. The minimum Gasteiger partial charge on any atom is -0.494 e. The van der Waals surface area contributed by atoms with Crippen LogP contribution in [-0.4, -0.2) is 72.3 Å². The van der Waals surface area contributed by atoms with Crippen LogP contribution in [0.15, 0.2) is 24.4 Å². The van der Waals surface area contributed by atoms with Crippen LogP contribution in [0.5, 0.6) is 5.75 Å². The summed E-state index contributed by atoms with van der Waals surface area (Å²) in [6, 6.07) is 6.14. The Labute approximate surface area is 196 Å². The average molecular weight is 469 g/mol. The van der Waals surface area contributed by atoms with Crippen molar-refractivity contribution in [3.63, 3.8) is 0 Å². The summed E-state index contributed by atoms with van der Waals surface area (Å²) in [5.41, 5.74) is 3.15. The molecule has 4 heterocycles. The van der Waals surface area contributed by atoms with Gasteiger partial charge in [-0.15, -0.1) is 11.3 Å². The highest BCUT2D eigenvalue weighted by Gasteiger charge is 2.28. The van der Waals surface area contributed by atoms with Crippen molar-refractivity contribution in [3.05, 3.63) is 35.1 Å². The Morgan fingerprint density at radius 3 is 2.73 bits per heavy atom. The van der Waals surface area contributed by atoms with E-state index in [0.29, 0.717) is 23.1 Å². The average Bonchev–Trinajstić information content (AvgIpc) is 3.18. The maximum absolute atomic E-state index is 10.6. The number of aliphatic hydroxyl groups is 1. The van der Waals surface area contributed by atoms with Crippen molar-refractivity contribution in [1.82, 2.24) is 19.9 Å². The van der Waals surface area contributed by atoms with E-state index in [0.717, 1.165) is 53.3 Å². The summed E-state index contributed by atoms with van der Waals surface area (Å²) < 4.78 is 5.67. The second-order valence-electron chi connectivity index (χ2n) is 8.26. The number of rotatable bonds is 4. The first-order valence-corrected chi connectivity index (χ1v) is 11.7. The SMILES string of the molecule is COc1cc(N2CCN(C)CC2)ccc1Nc1ncc2c(n1)N(C)c1sc(C)nc1C(O)N2. The number of fused-ring (bicyclic) bond motifs is 2. The van der Waals surface area contributed by atoms with Crippen LogP contribution in [0, 0.1) is 6.92 Å². The lowest BCUT2D eigenvalue weighted by molar-refractivity contribution is 0.205. The maximum atomic E-state index is 10.6. The number of hydrogen-bond donors (Lipinski definition) is 3. The van der Waals surface area contributed by atoms with Crippen LogP contribution >= 0.6 is 11.3 Å². The number of hydrogen-bond acceptors (Lipinski definition) is 11. The van der Waals surface area contributed by atoms with Gasteiger partial charge in [0.15, 0.2) is 12.0 Å². The fraction of sp³-hybridized carbons (Fsp3) is 0.409. The molecule has 0 aliphatic carbocycles. The molecule has 0 saturated carbocycles.